The number of hydrogen-bond acceptors (Lipinski definition) is 5. The van der Waals surface area contributed by atoms with Gasteiger partial charge in [0.05, 0.1) is 31.8 Å². The Hall–Kier alpha value is -0.910. The van der Waals surface area contributed by atoms with Crippen LogP contribution in [0.3, 0.4) is 0 Å². The highest BCUT2D eigenvalue weighted by Gasteiger charge is 2.72. The van der Waals surface area contributed by atoms with Gasteiger partial charge in [0, 0.05) is 5.41 Å². The summed E-state index contributed by atoms with van der Waals surface area (Å²) in [7, 11) is 1.53. The van der Waals surface area contributed by atoms with Crippen LogP contribution in [-0.4, -0.2) is 47.7 Å². The van der Waals surface area contributed by atoms with Gasteiger partial charge in [0.2, 0.25) is 0 Å². The molecule has 0 aromatic heterocycles. The molecule has 5 aliphatic rings. The number of ether oxygens (including phenoxy) is 1. The molecule has 0 saturated heterocycles. The average molecular weight is 503 g/mol. The first-order valence-corrected chi connectivity index (χ1v) is 14.6. The first kappa shape index (κ1) is 26.7. The maximum atomic E-state index is 13.4. The van der Waals surface area contributed by atoms with Crippen molar-refractivity contribution in [3.63, 3.8) is 0 Å². The van der Waals surface area contributed by atoms with Crippen molar-refractivity contribution in [2.75, 3.05) is 20.3 Å². The summed E-state index contributed by atoms with van der Waals surface area (Å²) in [4.78, 5) is 13.4. The number of hydrogen-bond donors (Lipinski definition) is 3. The highest BCUT2D eigenvalue weighted by molar-refractivity contribution is 5.78. The first-order chi connectivity index (χ1) is 16.9. The summed E-state index contributed by atoms with van der Waals surface area (Å²) >= 11 is 0. The minimum Gasteiger partial charge on any atom is -0.469 e. The van der Waals surface area contributed by atoms with Crippen LogP contribution in [0.2, 0.25) is 0 Å². The number of methoxy groups -OCH3 is 1. The quantitative estimate of drug-likeness (QED) is 0.367. The van der Waals surface area contributed by atoms with Crippen LogP contribution in [0, 0.1) is 56.7 Å². The van der Waals surface area contributed by atoms with E-state index in [0.29, 0.717) is 17.8 Å². The molecule has 0 spiro atoms. The van der Waals surface area contributed by atoms with E-state index in [1.54, 1.807) is 0 Å². The van der Waals surface area contributed by atoms with E-state index in [1.165, 1.54) is 7.11 Å². The van der Waals surface area contributed by atoms with E-state index in [2.05, 4.69) is 34.3 Å². The Balaban J connectivity index is 1.56. The van der Waals surface area contributed by atoms with Crippen LogP contribution in [0.1, 0.15) is 91.9 Å². The number of aliphatic hydroxyl groups is 3. The van der Waals surface area contributed by atoms with Gasteiger partial charge in [-0.1, -0.05) is 34.3 Å². The molecule has 3 unspecified atom stereocenters. The lowest BCUT2D eigenvalue weighted by Gasteiger charge is -2.72. The van der Waals surface area contributed by atoms with Crippen LogP contribution in [0.25, 0.3) is 0 Å². The molecule has 3 N–H and O–H groups in total. The van der Waals surface area contributed by atoms with Crippen LogP contribution in [-0.2, 0) is 9.53 Å². The molecule has 0 aromatic carbocycles. The third-order valence-corrected chi connectivity index (χ3v) is 13.9. The summed E-state index contributed by atoms with van der Waals surface area (Å²) in [5.74, 6) is 1.57. The van der Waals surface area contributed by atoms with Crippen LogP contribution in [0.4, 0.5) is 0 Å². The number of esters is 1. The van der Waals surface area contributed by atoms with E-state index in [1.807, 2.05) is 0 Å². The molecule has 5 nitrogen and oxygen atoms in total. The van der Waals surface area contributed by atoms with Gasteiger partial charge in [0.15, 0.2) is 0 Å². The number of aliphatic hydroxyl groups excluding tert-OH is 3. The van der Waals surface area contributed by atoms with Gasteiger partial charge in [-0.15, -0.1) is 0 Å². The first-order valence-electron chi connectivity index (χ1n) is 14.6. The molecule has 36 heavy (non-hydrogen) atoms. The molecule has 0 heterocycles. The van der Waals surface area contributed by atoms with Gasteiger partial charge in [-0.3, -0.25) is 4.79 Å². The van der Waals surface area contributed by atoms with E-state index >= 15 is 0 Å². The Morgan fingerprint density at radius 3 is 2.25 bits per heavy atom. The molecule has 5 saturated carbocycles. The lowest BCUT2D eigenvalue weighted by atomic mass is 9.32. The summed E-state index contributed by atoms with van der Waals surface area (Å²) in [5, 5.41) is 31.5. The van der Waals surface area contributed by atoms with Crippen molar-refractivity contribution in [2.24, 2.45) is 56.7 Å². The Labute approximate surface area is 218 Å². The third-order valence-electron chi connectivity index (χ3n) is 13.9. The molecule has 5 aliphatic carbocycles. The van der Waals surface area contributed by atoms with Crippen LogP contribution < -0.4 is 0 Å². The monoisotopic (exact) mass is 502 g/mol. The second-order valence-electron chi connectivity index (χ2n) is 14.5. The summed E-state index contributed by atoms with van der Waals surface area (Å²) in [6, 6.07) is 0. The largest absolute Gasteiger partial charge is 0.469 e. The summed E-state index contributed by atoms with van der Waals surface area (Å²) in [5.41, 5.74) is 0.326. The van der Waals surface area contributed by atoms with Crippen molar-refractivity contribution in [3.8, 4) is 0 Å². The average Bonchev–Trinajstić information content (AvgIpc) is 3.26. The Kier molecular flexibility index (Phi) is 6.34. The van der Waals surface area contributed by atoms with Gasteiger partial charge >= 0.3 is 5.97 Å². The van der Waals surface area contributed by atoms with Crippen molar-refractivity contribution < 1.29 is 24.9 Å². The van der Waals surface area contributed by atoms with Crippen LogP contribution in [0.15, 0.2) is 12.2 Å². The standard InChI is InChI=1S/C31H50O5/c1-19(17-32)20-9-14-31(26(35)36-6)16-15-29(4)21(25(20)31)7-8-23-27(2)12-11-24(34)28(3,18-33)22(27)10-13-30(23,29)5/h20-25,32-34H,1,7-18H2,2-6H3/t20-,21?,22+,23?,24-,25?,27-,28-,29+,30+,31-/m0/s1. The third kappa shape index (κ3) is 3.09. The number of rotatable bonds is 4. The smallest absolute Gasteiger partial charge is 0.312 e. The maximum Gasteiger partial charge on any atom is 0.312 e. The normalized spacial score (nSPS) is 54.0. The fourth-order valence-corrected chi connectivity index (χ4v) is 11.7. The molecule has 0 bridgehead atoms. The van der Waals surface area contributed by atoms with Gasteiger partial charge in [-0.2, -0.15) is 0 Å². The zero-order chi connectivity index (χ0) is 26.3. The minimum atomic E-state index is -0.448. The molecular formula is C31H50O5. The number of fused-ring (bicyclic) bond motifs is 7. The van der Waals surface area contributed by atoms with Crippen molar-refractivity contribution in [2.45, 2.75) is 98.0 Å². The molecule has 5 rings (SSSR count). The lowest BCUT2D eigenvalue weighted by molar-refractivity contribution is -0.254. The predicted octanol–water partition coefficient (Wildman–Crippen LogP) is 5.12. The molecule has 0 aromatic rings. The minimum absolute atomic E-state index is 0.0104. The van der Waals surface area contributed by atoms with Gasteiger partial charge in [-0.25, -0.2) is 0 Å². The Bertz CT molecular complexity index is 917. The summed E-state index contributed by atoms with van der Waals surface area (Å²) < 4.78 is 5.45. The van der Waals surface area contributed by atoms with E-state index in [-0.39, 0.29) is 47.3 Å². The highest BCUT2D eigenvalue weighted by Crippen LogP contribution is 2.77. The molecule has 0 amide bonds. The Morgan fingerprint density at radius 1 is 0.889 bits per heavy atom. The van der Waals surface area contributed by atoms with Gasteiger partial charge in [0.25, 0.3) is 0 Å². The SMILES string of the molecule is C=C(CO)[C@@H]1CC[C@]2(C(=O)OC)CC[C@]3(C)C(CCC4[C@@]5(C)CC[C@H](O)[C@@](C)(CO)[C@@H]5CC[C@]43C)C12. The maximum absolute atomic E-state index is 13.4. The summed E-state index contributed by atoms with van der Waals surface area (Å²) in [6.07, 6.45) is 9.39. The fourth-order valence-electron chi connectivity index (χ4n) is 11.7. The van der Waals surface area contributed by atoms with Crippen molar-refractivity contribution in [3.05, 3.63) is 12.2 Å². The zero-order valence-corrected chi connectivity index (χ0v) is 23.3. The highest BCUT2D eigenvalue weighted by atomic mass is 16.5. The van der Waals surface area contributed by atoms with Crippen molar-refractivity contribution in [1.82, 2.24) is 0 Å². The van der Waals surface area contributed by atoms with Crippen molar-refractivity contribution >= 4 is 5.97 Å². The molecular weight excluding hydrogens is 452 g/mol. The van der Waals surface area contributed by atoms with Crippen molar-refractivity contribution in [1.29, 1.82) is 0 Å². The predicted molar refractivity (Wildman–Crippen MR) is 140 cm³/mol. The van der Waals surface area contributed by atoms with E-state index in [0.717, 1.165) is 69.8 Å². The van der Waals surface area contributed by atoms with Gasteiger partial charge in [-0.05, 0) is 116 Å². The van der Waals surface area contributed by atoms with Gasteiger partial charge in [0.1, 0.15) is 0 Å². The van der Waals surface area contributed by atoms with Gasteiger partial charge < -0.3 is 20.1 Å². The molecule has 0 aliphatic heterocycles. The molecule has 204 valence electrons. The fraction of sp³-hybridized carbons (Fsp3) is 0.903. The van der Waals surface area contributed by atoms with E-state index in [4.69, 9.17) is 4.74 Å². The number of carbonyl (C=O) groups is 1. The Morgan fingerprint density at radius 2 is 1.61 bits per heavy atom. The zero-order valence-electron chi connectivity index (χ0n) is 23.3. The summed E-state index contributed by atoms with van der Waals surface area (Å²) in [6.45, 7) is 14.0. The second-order valence-corrected chi connectivity index (χ2v) is 14.5. The number of carbonyl (C=O) groups excluding carboxylic acids is 1. The lowest BCUT2D eigenvalue weighted by Crippen LogP contribution is -2.67. The molecule has 0 radical (unpaired) electrons. The molecule has 11 atom stereocenters. The second kappa shape index (κ2) is 8.55. The molecule has 5 fully saturated rings. The van der Waals surface area contributed by atoms with Crippen LogP contribution >= 0.6 is 0 Å². The topological polar surface area (TPSA) is 87.0 Å². The molecule has 5 heteroatoms. The van der Waals surface area contributed by atoms with Crippen LogP contribution in [0.5, 0.6) is 0 Å². The van der Waals surface area contributed by atoms with E-state index < -0.39 is 16.9 Å². The van der Waals surface area contributed by atoms with E-state index in [9.17, 15) is 20.1 Å².